The maximum atomic E-state index is 14.1. The van der Waals surface area contributed by atoms with Gasteiger partial charge in [-0.25, -0.2) is 4.98 Å². The number of aromatic amines is 1. The predicted molar refractivity (Wildman–Crippen MR) is 145 cm³/mol. The fourth-order valence-electron chi connectivity index (χ4n) is 6.74. The maximum absolute atomic E-state index is 14.1. The largest absolute Gasteiger partial charge is 0.378 e. The van der Waals surface area contributed by atoms with Crippen LogP contribution in [0.2, 0.25) is 0 Å². The molecule has 6 rings (SSSR count). The molecule has 1 unspecified atom stereocenters. The number of imidazole rings is 1. The highest BCUT2D eigenvalue weighted by Gasteiger charge is 2.57. The maximum Gasteiger partial charge on any atom is 0.228 e. The topological polar surface area (TPSA) is 113 Å². The van der Waals surface area contributed by atoms with Gasteiger partial charge in [0.25, 0.3) is 0 Å². The molecule has 3 atom stereocenters. The Morgan fingerprint density at radius 2 is 2.03 bits per heavy atom. The first-order valence-corrected chi connectivity index (χ1v) is 14.0. The highest BCUT2D eigenvalue weighted by atomic mass is 16.5. The van der Waals surface area contributed by atoms with Crippen LogP contribution in [0.3, 0.4) is 0 Å². The van der Waals surface area contributed by atoms with Crippen LogP contribution in [-0.4, -0.2) is 81.4 Å². The minimum absolute atomic E-state index is 0.0375. The summed E-state index contributed by atoms with van der Waals surface area (Å²) in [6.45, 7) is 5.96. The molecule has 2 N–H and O–H groups in total. The predicted octanol–water partition coefficient (Wildman–Crippen LogP) is 2.06. The Hall–Kier alpha value is -3.66. The lowest BCUT2D eigenvalue weighted by molar-refractivity contribution is -0.166. The van der Waals surface area contributed by atoms with Gasteiger partial charge in [0.1, 0.15) is 0 Å². The Labute approximate surface area is 227 Å². The van der Waals surface area contributed by atoms with Crippen LogP contribution in [0.25, 0.3) is 10.9 Å². The minimum atomic E-state index is -0.809. The standard InChI is InChI=1S/C29H36N6O4/c1-29-23(28(38)34-13-15-39-16-14-34)17-20(18-25(36)31-8-4-10-33-12-9-30-19-33)27(37)35(29)11-7-22-21-5-2-3-6-24(21)32-26(22)29/h2-3,5-6,9,12,19-20,23,32H,4,7-8,10-11,13-18H2,1H3,(H,31,36)/t20?,23-,29+/m1/s1. The van der Waals surface area contributed by atoms with E-state index in [1.807, 2.05) is 45.7 Å². The number of fused-ring (bicyclic) bond motifs is 5. The van der Waals surface area contributed by atoms with Crippen LogP contribution in [0.15, 0.2) is 43.0 Å². The number of amides is 3. The van der Waals surface area contributed by atoms with Gasteiger partial charge in [-0.1, -0.05) is 18.2 Å². The van der Waals surface area contributed by atoms with Gasteiger partial charge in [0.2, 0.25) is 17.7 Å². The number of ether oxygens (including phenoxy) is 1. The van der Waals surface area contributed by atoms with Crippen molar-refractivity contribution < 1.29 is 19.1 Å². The fourth-order valence-corrected chi connectivity index (χ4v) is 6.74. The van der Waals surface area contributed by atoms with Gasteiger partial charge in [-0.3, -0.25) is 14.4 Å². The summed E-state index contributed by atoms with van der Waals surface area (Å²) in [5.74, 6) is -1.15. The number of carbonyl (C=O) groups excluding carboxylic acids is 3. The summed E-state index contributed by atoms with van der Waals surface area (Å²) in [7, 11) is 0. The van der Waals surface area contributed by atoms with Gasteiger partial charge in [-0.05, 0) is 37.8 Å². The van der Waals surface area contributed by atoms with Crippen molar-refractivity contribution in [1.29, 1.82) is 0 Å². The number of aromatic nitrogens is 3. The van der Waals surface area contributed by atoms with E-state index in [0.717, 1.165) is 29.6 Å². The number of nitrogens with zero attached hydrogens (tertiary/aromatic N) is 4. The highest BCUT2D eigenvalue weighted by Crippen LogP contribution is 2.50. The summed E-state index contributed by atoms with van der Waals surface area (Å²) in [5.41, 5.74) is 2.35. The van der Waals surface area contributed by atoms with Crippen molar-refractivity contribution in [2.45, 2.75) is 44.7 Å². The highest BCUT2D eigenvalue weighted by molar-refractivity contribution is 5.93. The van der Waals surface area contributed by atoms with Crippen LogP contribution in [0.5, 0.6) is 0 Å². The number of piperidine rings is 1. The second-order valence-electron chi connectivity index (χ2n) is 11.0. The molecule has 3 aliphatic rings. The summed E-state index contributed by atoms with van der Waals surface area (Å²) in [5, 5.41) is 4.12. The van der Waals surface area contributed by atoms with Crippen molar-refractivity contribution in [1.82, 2.24) is 29.7 Å². The normalized spacial score (nSPS) is 24.9. The molecular weight excluding hydrogens is 496 g/mol. The van der Waals surface area contributed by atoms with E-state index < -0.39 is 17.4 Å². The number of H-pyrrole nitrogens is 1. The molecule has 0 saturated carbocycles. The average Bonchev–Trinajstić information content (AvgIpc) is 3.61. The van der Waals surface area contributed by atoms with Gasteiger partial charge >= 0.3 is 0 Å². The molecule has 10 heteroatoms. The molecule has 206 valence electrons. The van der Waals surface area contributed by atoms with E-state index in [0.29, 0.717) is 52.2 Å². The van der Waals surface area contributed by atoms with E-state index in [9.17, 15) is 14.4 Å². The van der Waals surface area contributed by atoms with Crippen LogP contribution < -0.4 is 5.32 Å². The third kappa shape index (κ3) is 4.60. The molecule has 0 spiro atoms. The summed E-state index contributed by atoms with van der Waals surface area (Å²) in [6.07, 6.45) is 7.29. The molecule has 2 aromatic heterocycles. The van der Waals surface area contributed by atoms with Crippen molar-refractivity contribution >= 4 is 28.6 Å². The summed E-state index contributed by atoms with van der Waals surface area (Å²) >= 11 is 0. The zero-order valence-corrected chi connectivity index (χ0v) is 22.4. The Morgan fingerprint density at radius 3 is 2.82 bits per heavy atom. The van der Waals surface area contributed by atoms with E-state index in [4.69, 9.17) is 4.74 Å². The number of hydrogen-bond donors (Lipinski definition) is 2. The quantitative estimate of drug-likeness (QED) is 0.453. The van der Waals surface area contributed by atoms with Gasteiger partial charge in [-0.2, -0.15) is 0 Å². The fraction of sp³-hybridized carbons (Fsp3) is 0.517. The van der Waals surface area contributed by atoms with Gasteiger partial charge in [0, 0.05) is 74.1 Å². The SMILES string of the molecule is C[C@]12c3[nH]c4ccccc4c3CCN1C(=O)C(CC(=O)NCCCn1ccnc1)C[C@@H]2C(=O)N1CCOCC1. The molecule has 10 nitrogen and oxygen atoms in total. The summed E-state index contributed by atoms with van der Waals surface area (Å²) in [4.78, 5) is 52.4. The number of para-hydroxylation sites is 1. The van der Waals surface area contributed by atoms with Crippen LogP contribution in [-0.2, 0) is 37.6 Å². The average molecular weight is 533 g/mol. The number of carbonyl (C=O) groups is 3. The smallest absolute Gasteiger partial charge is 0.228 e. The molecular formula is C29H36N6O4. The third-order valence-electron chi connectivity index (χ3n) is 8.81. The number of benzene rings is 1. The number of aryl methyl sites for hydroxylation is 1. The lowest BCUT2D eigenvalue weighted by Gasteiger charge is -2.54. The first-order chi connectivity index (χ1) is 19.0. The second kappa shape index (κ2) is 10.5. The molecule has 2 saturated heterocycles. The van der Waals surface area contributed by atoms with E-state index in [2.05, 4.69) is 21.4 Å². The van der Waals surface area contributed by atoms with Crippen molar-refractivity contribution in [2.75, 3.05) is 39.4 Å². The van der Waals surface area contributed by atoms with Gasteiger partial charge in [0.15, 0.2) is 0 Å². The van der Waals surface area contributed by atoms with E-state index in [1.54, 1.807) is 12.5 Å². The van der Waals surface area contributed by atoms with Crippen LogP contribution in [0, 0.1) is 11.8 Å². The van der Waals surface area contributed by atoms with Crippen LogP contribution in [0.4, 0.5) is 0 Å². The van der Waals surface area contributed by atoms with Crippen molar-refractivity contribution in [2.24, 2.45) is 11.8 Å². The molecule has 3 aromatic rings. The molecule has 2 fully saturated rings. The molecule has 5 heterocycles. The number of morpholine rings is 1. The lowest BCUT2D eigenvalue weighted by atomic mass is 9.67. The molecule has 0 bridgehead atoms. The molecule has 0 radical (unpaired) electrons. The molecule has 1 aromatic carbocycles. The third-order valence-corrected chi connectivity index (χ3v) is 8.81. The van der Waals surface area contributed by atoms with Crippen molar-refractivity contribution in [3.63, 3.8) is 0 Å². The van der Waals surface area contributed by atoms with E-state index in [1.165, 1.54) is 5.56 Å². The molecule has 0 aliphatic carbocycles. The van der Waals surface area contributed by atoms with Crippen molar-refractivity contribution in [3.8, 4) is 0 Å². The van der Waals surface area contributed by atoms with Gasteiger partial charge in [0.05, 0.1) is 31.0 Å². The second-order valence-corrected chi connectivity index (χ2v) is 11.0. The lowest BCUT2D eigenvalue weighted by Crippen LogP contribution is -2.65. The number of nitrogens with one attached hydrogen (secondary N) is 2. The Bertz CT molecular complexity index is 1360. The van der Waals surface area contributed by atoms with Crippen LogP contribution in [0.1, 0.15) is 37.4 Å². The zero-order valence-electron chi connectivity index (χ0n) is 22.4. The minimum Gasteiger partial charge on any atom is -0.378 e. The first-order valence-electron chi connectivity index (χ1n) is 14.0. The molecule has 3 amide bonds. The summed E-state index contributed by atoms with van der Waals surface area (Å²) in [6, 6.07) is 8.17. The van der Waals surface area contributed by atoms with Crippen molar-refractivity contribution in [3.05, 3.63) is 54.2 Å². The first kappa shape index (κ1) is 25.6. The zero-order chi connectivity index (χ0) is 27.0. The van der Waals surface area contributed by atoms with Gasteiger partial charge in [-0.15, -0.1) is 0 Å². The summed E-state index contributed by atoms with van der Waals surface area (Å²) < 4.78 is 7.47. The Kier molecular flexibility index (Phi) is 6.88. The monoisotopic (exact) mass is 532 g/mol. The molecule has 39 heavy (non-hydrogen) atoms. The van der Waals surface area contributed by atoms with Crippen LogP contribution >= 0.6 is 0 Å². The van der Waals surface area contributed by atoms with E-state index >= 15 is 0 Å². The Morgan fingerprint density at radius 1 is 1.21 bits per heavy atom. The number of rotatable bonds is 7. The number of hydrogen-bond acceptors (Lipinski definition) is 5. The van der Waals surface area contributed by atoms with E-state index in [-0.39, 0.29) is 24.1 Å². The van der Waals surface area contributed by atoms with Gasteiger partial charge < -0.3 is 29.4 Å². The Balaban J connectivity index is 1.25. The molecule has 3 aliphatic heterocycles.